The number of Topliss-reactive ketones (excluding diaryl/α,β-unsaturated/α-hetero) is 1. The van der Waals surface area contributed by atoms with Crippen LogP contribution in [-0.4, -0.2) is 30.5 Å². The summed E-state index contributed by atoms with van der Waals surface area (Å²) in [5, 5.41) is 0.830. The quantitative estimate of drug-likeness (QED) is 0.746. The van der Waals surface area contributed by atoms with E-state index in [1.54, 1.807) is 20.0 Å². The molecule has 140 valence electrons. The largest absolute Gasteiger partial charge is 0.358 e. The molecule has 1 aliphatic rings. The van der Waals surface area contributed by atoms with Gasteiger partial charge in [0, 0.05) is 42.2 Å². The van der Waals surface area contributed by atoms with E-state index in [1.165, 1.54) is 4.31 Å². The number of carbonyl (C=O) groups excluding carboxylic acids is 1. The van der Waals surface area contributed by atoms with Gasteiger partial charge in [0.05, 0.1) is 4.90 Å². The summed E-state index contributed by atoms with van der Waals surface area (Å²) in [5.74, 6) is 0.138. The lowest BCUT2D eigenvalue weighted by molar-refractivity contribution is 0.0974. The highest BCUT2D eigenvalue weighted by molar-refractivity contribution is 7.89. The molecule has 0 saturated carbocycles. The SMILES string of the molecule is Cc1cc2c3c([nH]c2cc1S(=O)(=O)N(C)Cc1ccccc1)CCCC3=O. The molecule has 1 heterocycles. The van der Waals surface area contributed by atoms with E-state index in [1.807, 2.05) is 36.4 Å². The number of fused-ring (bicyclic) bond motifs is 3. The van der Waals surface area contributed by atoms with Crippen LogP contribution in [-0.2, 0) is 23.0 Å². The van der Waals surface area contributed by atoms with E-state index in [-0.39, 0.29) is 10.7 Å². The van der Waals surface area contributed by atoms with Crippen LogP contribution >= 0.6 is 0 Å². The lowest BCUT2D eigenvalue weighted by Gasteiger charge is -2.19. The van der Waals surface area contributed by atoms with E-state index in [4.69, 9.17) is 0 Å². The summed E-state index contributed by atoms with van der Waals surface area (Å²) < 4.78 is 27.7. The van der Waals surface area contributed by atoms with Crippen molar-refractivity contribution in [3.63, 3.8) is 0 Å². The molecule has 5 nitrogen and oxygen atoms in total. The van der Waals surface area contributed by atoms with E-state index in [0.717, 1.165) is 35.0 Å². The molecule has 0 aliphatic heterocycles. The summed E-state index contributed by atoms with van der Waals surface area (Å²) in [7, 11) is -2.05. The molecule has 0 fully saturated rings. The molecule has 6 heteroatoms. The van der Waals surface area contributed by atoms with Crippen LogP contribution < -0.4 is 0 Å². The number of aryl methyl sites for hydroxylation is 2. The maximum atomic E-state index is 13.2. The van der Waals surface area contributed by atoms with Crippen molar-refractivity contribution in [2.75, 3.05) is 7.05 Å². The number of nitrogens with zero attached hydrogens (tertiary/aromatic N) is 1. The van der Waals surface area contributed by atoms with Gasteiger partial charge in [-0.25, -0.2) is 8.42 Å². The van der Waals surface area contributed by atoms with Gasteiger partial charge in [-0.3, -0.25) is 4.79 Å². The van der Waals surface area contributed by atoms with Crippen LogP contribution in [0.2, 0.25) is 0 Å². The third-order valence-corrected chi connectivity index (χ3v) is 7.16. The molecule has 0 bridgehead atoms. The van der Waals surface area contributed by atoms with Crippen LogP contribution in [0.3, 0.4) is 0 Å². The van der Waals surface area contributed by atoms with Gasteiger partial charge >= 0.3 is 0 Å². The Labute approximate surface area is 159 Å². The molecular formula is C21H22N2O3S. The predicted octanol–water partition coefficient (Wildman–Crippen LogP) is 3.82. The number of hydrogen-bond acceptors (Lipinski definition) is 3. The zero-order valence-corrected chi connectivity index (χ0v) is 16.3. The summed E-state index contributed by atoms with van der Waals surface area (Å²) in [6, 6.07) is 13.0. The Morgan fingerprint density at radius 3 is 2.59 bits per heavy atom. The van der Waals surface area contributed by atoms with E-state index in [9.17, 15) is 13.2 Å². The highest BCUT2D eigenvalue weighted by atomic mass is 32.2. The summed E-state index contributed by atoms with van der Waals surface area (Å²) in [6.45, 7) is 2.09. The number of hydrogen-bond donors (Lipinski definition) is 1. The first kappa shape index (κ1) is 17.9. The average molecular weight is 382 g/mol. The second kappa shape index (κ2) is 6.62. The maximum Gasteiger partial charge on any atom is 0.243 e. The molecule has 0 amide bonds. The molecule has 0 saturated heterocycles. The van der Waals surface area contributed by atoms with Crippen LogP contribution in [0.1, 0.15) is 40.0 Å². The average Bonchev–Trinajstić information content (AvgIpc) is 3.00. The van der Waals surface area contributed by atoms with Gasteiger partial charge in [-0.15, -0.1) is 0 Å². The van der Waals surface area contributed by atoms with Gasteiger partial charge in [0.15, 0.2) is 5.78 Å². The molecule has 3 aromatic rings. The molecule has 1 aliphatic carbocycles. The lowest BCUT2D eigenvalue weighted by Crippen LogP contribution is -2.27. The molecule has 0 radical (unpaired) electrons. The van der Waals surface area contributed by atoms with Crippen molar-refractivity contribution in [1.29, 1.82) is 0 Å². The van der Waals surface area contributed by atoms with Gasteiger partial charge in [-0.1, -0.05) is 30.3 Å². The van der Waals surface area contributed by atoms with E-state index < -0.39 is 10.0 Å². The van der Waals surface area contributed by atoms with Gasteiger partial charge in [-0.2, -0.15) is 4.31 Å². The topological polar surface area (TPSA) is 70.2 Å². The van der Waals surface area contributed by atoms with E-state index in [2.05, 4.69) is 4.98 Å². The van der Waals surface area contributed by atoms with Crippen molar-refractivity contribution in [3.8, 4) is 0 Å². The molecule has 4 rings (SSSR count). The third kappa shape index (κ3) is 3.09. The Kier molecular flexibility index (Phi) is 4.40. The van der Waals surface area contributed by atoms with Gasteiger partial charge in [0.2, 0.25) is 10.0 Å². The monoisotopic (exact) mass is 382 g/mol. The van der Waals surface area contributed by atoms with Crippen molar-refractivity contribution < 1.29 is 13.2 Å². The zero-order valence-electron chi connectivity index (χ0n) is 15.5. The number of H-pyrrole nitrogens is 1. The first-order valence-electron chi connectivity index (χ1n) is 9.06. The first-order valence-corrected chi connectivity index (χ1v) is 10.5. The second-order valence-corrected chi connectivity index (χ2v) is 9.18. The Morgan fingerprint density at radius 2 is 1.85 bits per heavy atom. The molecule has 0 atom stereocenters. The lowest BCUT2D eigenvalue weighted by atomic mass is 9.94. The fourth-order valence-electron chi connectivity index (χ4n) is 3.81. The fourth-order valence-corrected chi connectivity index (χ4v) is 5.20. The molecule has 27 heavy (non-hydrogen) atoms. The number of aromatic nitrogens is 1. The van der Waals surface area contributed by atoms with Crippen LogP contribution in [0.5, 0.6) is 0 Å². The Morgan fingerprint density at radius 1 is 1.11 bits per heavy atom. The molecule has 1 N–H and O–H groups in total. The van der Waals surface area contributed by atoms with Crippen molar-refractivity contribution in [1.82, 2.24) is 9.29 Å². The number of carbonyl (C=O) groups is 1. The standard InChI is InChI=1S/C21H22N2O3S/c1-14-11-16-18(22-17-9-6-10-19(24)21(16)17)12-20(14)27(25,26)23(2)13-15-7-4-3-5-8-15/h3-5,7-8,11-12,22H,6,9-10,13H2,1-2H3. The fraction of sp³-hybridized carbons (Fsp3) is 0.286. The van der Waals surface area contributed by atoms with Crippen molar-refractivity contribution in [2.24, 2.45) is 0 Å². The first-order chi connectivity index (χ1) is 12.9. The van der Waals surface area contributed by atoms with E-state index >= 15 is 0 Å². The minimum absolute atomic E-state index is 0.138. The molecular weight excluding hydrogens is 360 g/mol. The molecule has 0 unspecified atom stereocenters. The highest BCUT2D eigenvalue weighted by Gasteiger charge is 2.27. The zero-order chi connectivity index (χ0) is 19.2. The number of sulfonamides is 1. The predicted molar refractivity (Wildman–Crippen MR) is 105 cm³/mol. The maximum absolute atomic E-state index is 13.2. The van der Waals surface area contributed by atoms with Gasteiger partial charge in [0.1, 0.15) is 0 Å². The number of rotatable bonds is 4. The molecule has 2 aromatic carbocycles. The number of benzene rings is 2. The van der Waals surface area contributed by atoms with Gasteiger partial charge < -0.3 is 4.98 Å². The Hall–Kier alpha value is -2.44. The van der Waals surface area contributed by atoms with Crippen LogP contribution in [0.15, 0.2) is 47.4 Å². The van der Waals surface area contributed by atoms with Gasteiger partial charge in [-0.05, 0) is 43.0 Å². The summed E-state index contributed by atoms with van der Waals surface area (Å²) in [4.78, 5) is 15.9. The highest BCUT2D eigenvalue weighted by Crippen LogP contribution is 2.33. The number of nitrogens with one attached hydrogen (secondary N) is 1. The van der Waals surface area contributed by atoms with Crippen LogP contribution in [0.4, 0.5) is 0 Å². The Balaban J connectivity index is 1.76. The summed E-state index contributed by atoms with van der Waals surface area (Å²) in [6.07, 6.45) is 2.21. The minimum Gasteiger partial charge on any atom is -0.358 e. The van der Waals surface area contributed by atoms with Crippen LogP contribution in [0.25, 0.3) is 10.9 Å². The number of ketones is 1. The van der Waals surface area contributed by atoms with E-state index in [0.29, 0.717) is 24.0 Å². The van der Waals surface area contributed by atoms with Gasteiger partial charge in [0.25, 0.3) is 0 Å². The smallest absolute Gasteiger partial charge is 0.243 e. The normalized spacial score (nSPS) is 14.7. The third-order valence-electron chi connectivity index (χ3n) is 5.22. The van der Waals surface area contributed by atoms with Crippen molar-refractivity contribution >= 4 is 26.7 Å². The summed E-state index contributed by atoms with van der Waals surface area (Å²) >= 11 is 0. The molecule has 0 spiro atoms. The van der Waals surface area contributed by atoms with Crippen molar-refractivity contribution in [2.45, 2.75) is 37.6 Å². The minimum atomic E-state index is -3.65. The Bertz CT molecular complexity index is 1130. The summed E-state index contributed by atoms with van der Waals surface area (Å²) in [5.41, 5.74) is 3.96. The van der Waals surface area contributed by atoms with Crippen LogP contribution in [0, 0.1) is 6.92 Å². The molecule has 1 aromatic heterocycles. The number of aromatic amines is 1. The van der Waals surface area contributed by atoms with Crippen molar-refractivity contribution in [3.05, 3.63) is 64.8 Å². The second-order valence-electron chi connectivity index (χ2n) is 7.17.